The number of fused-ring (bicyclic) bond motifs is 1. The van der Waals surface area contributed by atoms with Crippen molar-refractivity contribution < 1.29 is 19.4 Å². The molecule has 0 aliphatic heterocycles. The molecule has 180 valence electrons. The number of hydrogen-bond donors (Lipinski definition) is 1. The minimum atomic E-state index is -0.990. The van der Waals surface area contributed by atoms with Crippen molar-refractivity contribution in [3.63, 3.8) is 0 Å². The molecule has 2 aromatic heterocycles. The summed E-state index contributed by atoms with van der Waals surface area (Å²) in [4.78, 5) is 25.0. The fraction of sp³-hybridized carbons (Fsp3) is 0.667. The SMILES string of the molecule is CCc1sc2ncnc(OC3CCC(N(C)C(=O)OC(C)(C)C)CC3)c2c1CCC(O)C#N. The van der Waals surface area contributed by atoms with Crippen LogP contribution in [0.4, 0.5) is 4.79 Å². The number of hydrogen-bond acceptors (Lipinski definition) is 8. The molecule has 0 spiro atoms. The zero-order valence-corrected chi connectivity index (χ0v) is 20.9. The van der Waals surface area contributed by atoms with Gasteiger partial charge in [-0.05, 0) is 71.3 Å². The van der Waals surface area contributed by atoms with E-state index in [-0.39, 0.29) is 18.2 Å². The molecule has 3 rings (SSSR count). The predicted molar refractivity (Wildman–Crippen MR) is 127 cm³/mol. The summed E-state index contributed by atoms with van der Waals surface area (Å²) in [6.45, 7) is 7.70. The van der Waals surface area contributed by atoms with Crippen LogP contribution in [0.3, 0.4) is 0 Å². The molecule has 2 heterocycles. The van der Waals surface area contributed by atoms with Crippen LogP contribution in [0.2, 0.25) is 0 Å². The number of amides is 1. The predicted octanol–water partition coefficient (Wildman–Crippen LogP) is 4.63. The van der Waals surface area contributed by atoms with Crippen LogP contribution >= 0.6 is 11.3 Å². The Bertz CT molecular complexity index is 1000. The van der Waals surface area contributed by atoms with E-state index in [4.69, 9.17) is 14.7 Å². The number of ether oxygens (including phenoxy) is 2. The number of rotatable bonds is 7. The summed E-state index contributed by atoms with van der Waals surface area (Å²) in [7, 11) is 1.80. The molecule has 1 amide bonds. The van der Waals surface area contributed by atoms with Crippen molar-refractivity contribution in [1.82, 2.24) is 14.9 Å². The molecule has 1 saturated carbocycles. The van der Waals surface area contributed by atoms with Crippen LogP contribution in [0.15, 0.2) is 6.33 Å². The zero-order chi connectivity index (χ0) is 24.2. The second-order valence-corrected chi connectivity index (χ2v) is 10.6. The Morgan fingerprint density at radius 1 is 1.33 bits per heavy atom. The van der Waals surface area contributed by atoms with Crippen LogP contribution < -0.4 is 4.74 Å². The second-order valence-electron chi connectivity index (χ2n) is 9.54. The molecule has 1 fully saturated rings. The number of thiophene rings is 1. The molecule has 0 radical (unpaired) electrons. The molecule has 0 aromatic carbocycles. The monoisotopic (exact) mass is 474 g/mol. The van der Waals surface area contributed by atoms with Crippen LogP contribution in [0, 0.1) is 11.3 Å². The number of carbonyl (C=O) groups is 1. The second kappa shape index (κ2) is 10.7. The summed E-state index contributed by atoms with van der Waals surface area (Å²) >= 11 is 1.62. The Balaban J connectivity index is 1.70. The maximum absolute atomic E-state index is 12.4. The van der Waals surface area contributed by atoms with Gasteiger partial charge in [0.1, 0.15) is 29.0 Å². The van der Waals surface area contributed by atoms with Gasteiger partial charge in [0.2, 0.25) is 5.88 Å². The first-order valence-corrected chi connectivity index (χ1v) is 12.4. The van der Waals surface area contributed by atoms with Gasteiger partial charge in [-0.15, -0.1) is 11.3 Å². The van der Waals surface area contributed by atoms with E-state index in [1.165, 1.54) is 11.2 Å². The van der Waals surface area contributed by atoms with E-state index in [1.54, 1.807) is 23.3 Å². The van der Waals surface area contributed by atoms with Crippen LogP contribution in [0.25, 0.3) is 10.2 Å². The van der Waals surface area contributed by atoms with Crippen molar-refractivity contribution >= 4 is 27.6 Å². The highest BCUT2D eigenvalue weighted by atomic mass is 32.1. The Kier molecular flexibility index (Phi) is 8.14. The molecule has 8 nitrogen and oxygen atoms in total. The normalized spacial score (nSPS) is 19.7. The molecule has 1 aliphatic carbocycles. The van der Waals surface area contributed by atoms with E-state index in [1.807, 2.05) is 26.8 Å². The summed E-state index contributed by atoms with van der Waals surface area (Å²) in [6.07, 6.45) is 5.35. The summed E-state index contributed by atoms with van der Waals surface area (Å²) in [6, 6.07) is 2.01. The first-order chi connectivity index (χ1) is 15.6. The minimum Gasteiger partial charge on any atom is -0.474 e. The molecule has 1 aliphatic rings. The molecule has 0 saturated heterocycles. The smallest absolute Gasteiger partial charge is 0.410 e. The van der Waals surface area contributed by atoms with Gasteiger partial charge in [-0.2, -0.15) is 5.26 Å². The minimum absolute atomic E-state index is 0.00825. The van der Waals surface area contributed by atoms with Crippen molar-refractivity contribution in [2.24, 2.45) is 0 Å². The Morgan fingerprint density at radius 3 is 2.64 bits per heavy atom. The number of aliphatic hydroxyl groups excluding tert-OH is 1. The lowest BCUT2D eigenvalue weighted by Gasteiger charge is -2.35. The van der Waals surface area contributed by atoms with Gasteiger partial charge < -0.3 is 19.5 Å². The number of nitriles is 1. The van der Waals surface area contributed by atoms with Gasteiger partial charge in [-0.3, -0.25) is 0 Å². The number of aromatic nitrogens is 2. The van der Waals surface area contributed by atoms with Crippen LogP contribution in [-0.2, 0) is 17.6 Å². The number of aliphatic hydroxyl groups is 1. The van der Waals surface area contributed by atoms with Crippen molar-refractivity contribution in [3.8, 4) is 11.9 Å². The summed E-state index contributed by atoms with van der Waals surface area (Å²) in [5.74, 6) is 0.571. The van der Waals surface area contributed by atoms with Gasteiger partial charge in [0.15, 0.2) is 0 Å². The van der Waals surface area contributed by atoms with Gasteiger partial charge in [-0.25, -0.2) is 14.8 Å². The first kappa shape index (κ1) is 25.2. The van der Waals surface area contributed by atoms with Crippen LogP contribution in [0.5, 0.6) is 5.88 Å². The lowest BCUT2D eigenvalue weighted by molar-refractivity contribution is 0.0137. The Morgan fingerprint density at radius 2 is 2.03 bits per heavy atom. The van der Waals surface area contributed by atoms with E-state index in [0.29, 0.717) is 18.7 Å². The molecular weight excluding hydrogens is 440 g/mol. The summed E-state index contributed by atoms with van der Waals surface area (Å²) in [5.41, 5.74) is 0.559. The van der Waals surface area contributed by atoms with Crippen LogP contribution in [0.1, 0.15) is 70.2 Å². The quantitative estimate of drug-likeness (QED) is 0.583. The highest BCUT2D eigenvalue weighted by Crippen LogP contribution is 2.37. The highest BCUT2D eigenvalue weighted by molar-refractivity contribution is 7.18. The highest BCUT2D eigenvalue weighted by Gasteiger charge is 2.31. The molecule has 9 heteroatoms. The van der Waals surface area contributed by atoms with E-state index in [0.717, 1.165) is 47.9 Å². The summed E-state index contributed by atoms with van der Waals surface area (Å²) < 4.78 is 11.9. The molecule has 1 N–H and O–H groups in total. The fourth-order valence-electron chi connectivity index (χ4n) is 4.18. The molecule has 1 atom stereocenters. The lowest BCUT2D eigenvalue weighted by atomic mass is 9.92. The largest absolute Gasteiger partial charge is 0.474 e. The van der Waals surface area contributed by atoms with Gasteiger partial charge in [-0.1, -0.05) is 6.92 Å². The molecule has 33 heavy (non-hydrogen) atoms. The maximum Gasteiger partial charge on any atom is 0.410 e. The Labute approximate surface area is 199 Å². The third kappa shape index (κ3) is 6.33. The number of nitrogens with zero attached hydrogens (tertiary/aromatic N) is 4. The topological polar surface area (TPSA) is 109 Å². The van der Waals surface area contributed by atoms with Gasteiger partial charge in [0, 0.05) is 18.0 Å². The van der Waals surface area contributed by atoms with Crippen molar-refractivity contribution in [2.45, 2.75) is 96.5 Å². The first-order valence-electron chi connectivity index (χ1n) is 11.6. The average molecular weight is 475 g/mol. The maximum atomic E-state index is 12.4. The van der Waals surface area contributed by atoms with Crippen LogP contribution in [-0.4, -0.2) is 57.0 Å². The standard InChI is InChI=1S/C24H34N4O4S/c1-6-19-18(12-9-16(29)13-25)20-21(26-14-27-22(20)33-19)31-17-10-7-15(8-11-17)28(5)23(30)32-24(2,3)4/h14-17,29H,6-12H2,1-5H3. The fourth-order valence-corrected chi connectivity index (χ4v) is 5.30. The van der Waals surface area contributed by atoms with E-state index in [9.17, 15) is 9.90 Å². The number of carbonyl (C=O) groups excluding carboxylic acids is 1. The Hall–Kier alpha value is -2.44. The van der Waals surface area contributed by atoms with Crippen molar-refractivity contribution in [3.05, 3.63) is 16.8 Å². The third-order valence-corrected chi connectivity index (χ3v) is 7.21. The van der Waals surface area contributed by atoms with Gasteiger partial charge in [0.05, 0.1) is 11.5 Å². The van der Waals surface area contributed by atoms with E-state index in [2.05, 4.69) is 16.9 Å². The molecule has 1 unspecified atom stereocenters. The molecular formula is C24H34N4O4S. The summed E-state index contributed by atoms with van der Waals surface area (Å²) in [5, 5.41) is 19.6. The van der Waals surface area contributed by atoms with Gasteiger partial charge >= 0.3 is 6.09 Å². The third-order valence-electron chi connectivity index (χ3n) is 5.93. The zero-order valence-electron chi connectivity index (χ0n) is 20.1. The molecule has 0 bridgehead atoms. The lowest BCUT2D eigenvalue weighted by Crippen LogP contribution is -2.43. The number of aryl methyl sites for hydroxylation is 2. The average Bonchev–Trinajstić information content (AvgIpc) is 3.15. The van der Waals surface area contributed by atoms with Gasteiger partial charge in [0.25, 0.3) is 0 Å². The van der Waals surface area contributed by atoms with E-state index < -0.39 is 11.7 Å². The van der Waals surface area contributed by atoms with Crippen molar-refractivity contribution in [2.75, 3.05) is 7.05 Å². The molecule has 2 aromatic rings. The van der Waals surface area contributed by atoms with Crippen molar-refractivity contribution in [1.29, 1.82) is 5.26 Å². The van der Waals surface area contributed by atoms with E-state index >= 15 is 0 Å².